The van der Waals surface area contributed by atoms with Gasteiger partial charge in [-0.1, -0.05) is 30.3 Å². The first kappa shape index (κ1) is 18.4. The molecule has 0 fully saturated rings. The van der Waals surface area contributed by atoms with E-state index < -0.39 is 17.9 Å². The van der Waals surface area contributed by atoms with Gasteiger partial charge in [0.15, 0.2) is 0 Å². The van der Waals surface area contributed by atoms with Gasteiger partial charge in [-0.3, -0.25) is 9.59 Å². The third-order valence-corrected chi connectivity index (χ3v) is 4.44. The van der Waals surface area contributed by atoms with Gasteiger partial charge in [0.2, 0.25) is 0 Å². The van der Waals surface area contributed by atoms with E-state index in [0.29, 0.717) is 5.56 Å². The van der Waals surface area contributed by atoms with Crippen molar-refractivity contribution < 1.29 is 14.7 Å². The number of aryl methyl sites for hydroxylation is 1. The molecule has 3 rings (SSSR count). The second-order valence-corrected chi connectivity index (χ2v) is 6.50. The summed E-state index contributed by atoms with van der Waals surface area (Å²) in [5, 5.41) is 16.5. The van der Waals surface area contributed by atoms with Gasteiger partial charge < -0.3 is 10.4 Å². The number of carboxylic acid groups (broad SMARTS) is 1. The molecule has 27 heavy (non-hydrogen) atoms. The van der Waals surface area contributed by atoms with Gasteiger partial charge in [-0.05, 0) is 49.2 Å². The SMILES string of the molecule is Cc1cnn(-c2ccc(C(=O)N[C@H](c3ccccc3)[C@@H](C)C(=O)O)cc2)c1. The first-order valence-corrected chi connectivity index (χ1v) is 8.66. The van der Waals surface area contributed by atoms with Crippen LogP contribution in [0.25, 0.3) is 5.69 Å². The molecule has 6 heteroatoms. The van der Waals surface area contributed by atoms with Crippen LogP contribution in [0.15, 0.2) is 67.0 Å². The number of carbonyl (C=O) groups excluding carboxylic acids is 1. The maximum Gasteiger partial charge on any atom is 0.308 e. The molecule has 2 atom stereocenters. The van der Waals surface area contributed by atoms with Gasteiger partial charge in [0.1, 0.15) is 0 Å². The molecule has 0 aliphatic carbocycles. The molecule has 0 bridgehead atoms. The molecule has 138 valence electrons. The van der Waals surface area contributed by atoms with Crippen molar-refractivity contribution in [2.75, 3.05) is 0 Å². The van der Waals surface area contributed by atoms with Gasteiger partial charge in [-0.25, -0.2) is 4.68 Å². The molecule has 6 nitrogen and oxygen atoms in total. The molecule has 3 aromatic rings. The van der Waals surface area contributed by atoms with E-state index in [4.69, 9.17) is 0 Å². The Labute approximate surface area is 157 Å². The quantitative estimate of drug-likeness (QED) is 0.703. The van der Waals surface area contributed by atoms with E-state index in [2.05, 4.69) is 10.4 Å². The van der Waals surface area contributed by atoms with Crippen LogP contribution in [-0.2, 0) is 4.79 Å². The Morgan fingerprint density at radius 2 is 1.74 bits per heavy atom. The summed E-state index contributed by atoms with van der Waals surface area (Å²) in [4.78, 5) is 24.2. The third-order valence-electron chi connectivity index (χ3n) is 4.44. The normalized spacial score (nSPS) is 13.0. The second-order valence-electron chi connectivity index (χ2n) is 6.50. The third kappa shape index (κ3) is 4.23. The topological polar surface area (TPSA) is 84.2 Å². The highest BCUT2D eigenvalue weighted by molar-refractivity contribution is 5.95. The van der Waals surface area contributed by atoms with Crippen molar-refractivity contribution in [1.29, 1.82) is 0 Å². The number of benzene rings is 2. The lowest BCUT2D eigenvalue weighted by Crippen LogP contribution is -2.35. The molecule has 0 radical (unpaired) electrons. The van der Waals surface area contributed by atoms with E-state index in [1.54, 1.807) is 42.1 Å². The van der Waals surface area contributed by atoms with Crippen molar-refractivity contribution in [2.45, 2.75) is 19.9 Å². The summed E-state index contributed by atoms with van der Waals surface area (Å²) >= 11 is 0. The van der Waals surface area contributed by atoms with Crippen molar-refractivity contribution in [3.8, 4) is 5.69 Å². The zero-order valence-corrected chi connectivity index (χ0v) is 15.2. The van der Waals surface area contributed by atoms with Crippen LogP contribution in [0.3, 0.4) is 0 Å². The summed E-state index contributed by atoms with van der Waals surface area (Å²) < 4.78 is 1.73. The maximum atomic E-state index is 12.7. The largest absolute Gasteiger partial charge is 0.481 e. The number of aromatic nitrogens is 2. The predicted octanol–water partition coefficient (Wildman–Crippen LogP) is 3.37. The number of carboxylic acids is 1. The highest BCUT2D eigenvalue weighted by Crippen LogP contribution is 2.23. The zero-order chi connectivity index (χ0) is 19.4. The molecule has 2 aromatic carbocycles. The van der Waals surface area contributed by atoms with Crippen molar-refractivity contribution in [3.05, 3.63) is 83.7 Å². The van der Waals surface area contributed by atoms with Crippen LogP contribution < -0.4 is 5.32 Å². The van der Waals surface area contributed by atoms with Crippen LogP contribution in [0.5, 0.6) is 0 Å². The molecule has 1 amide bonds. The van der Waals surface area contributed by atoms with E-state index in [-0.39, 0.29) is 5.91 Å². The van der Waals surface area contributed by atoms with Crippen LogP contribution in [-0.4, -0.2) is 26.8 Å². The molecular weight excluding hydrogens is 342 g/mol. The lowest BCUT2D eigenvalue weighted by Gasteiger charge is -2.23. The van der Waals surface area contributed by atoms with E-state index in [0.717, 1.165) is 16.8 Å². The molecule has 0 spiro atoms. The van der Waals surface area contributed by atoms with Gasteiger partial charge in [0.05, 0.1) is 23.8 Å². The van der Waals surface area contributed by atoms with E-state index in [9.17, 15) is 14.7 Å². The first-order valence-electron chi connectivity index (χ1n) is 8.66. The maximum absolute atomic E-state index is 12.7. The molecule has 0 aliphatic heterocycles. The van der Waals surface area contributed by atoms with Crippen molar-refractivity contribution in [2.24, 2.45) is 5.92 Å². The number of rotatable bonds is 6. The Kier molecular flexibility index (Phi) is 5.35. The van der Waals surface area contributed by atoms with Gasteiger partial charge in [0.25, 0.3) is 5.91 Å². The Bertz CT molecular complexity index is 933. The molecule has 1 heterocycles. The Balaban J connectivity index is 1.80. The Morgan fingerprint density at radius 1 is 1.07 bits per heavy atom. The minimum Gasteiger partial charge on any atom is -0.481 e. The lowest BCUT2D eigenvalue weighted by molar-refractivity contribution is -0.142. The number of nitrogens with zero attached hydrogens (tertiary/aromatic N) is 2. The summed E-state index contributed by atoms with van der Waals surface area (Å²) in [5.74, 6) is -2.05. The minimum absolute atomic E-state index is 0.319. The molecule has 1 aromatic heterocycles. The standard InChI is InChI=1S/C21H21N3O3/c1-14-12-22-24(13-14)18-10-8-17(9-11-18)20(25)23-19(15(2)21(26)27)16-6-4-3-5-7-16/h3-13,15,19H,1-2H3,(H,23,25)(H,26,27)/t15-,19+/m1/s1. The van der Waals surface area contributed by atoms with Crippen molar-refractivity contribution in [3.63, 3.8) is 0 Å². The Hall–Kier alpha value is -3.41. The van der Waals surface area contributed by atoms with Crippen LogP contribution in [0.2, 0.25) is 0 Å². The van der Waals surface area contributed by atoms with Crippen molar-refractivity contribution >= 4 is 11.9 Å². The molecule has 0 saturated heterocycles. The zero-order valence-electron chi connectivity index (χ0n) is 15.2. The number of carbonyl (C=O) groups is 2. The average molecular weight is 363 g/mol. The summed E-state index contributed by atoms with van der Waals surface area (Å²) in [6, 6.07) is 15.5. The summed E-state index contributed by atoms with van der Waals surface area (Å²) in [7, 11) is 0. The highest BCUT2D eigenvalue weighted by atomic mass is 16.4. The highest BCUT2D eigenvalue weighted by Gasteiger charge is 2.27. The number of amides is 1. The molecule has 0 saturated carbocycles. The first-order chi connectivity index (χ1) is 13.0. The van der Waals surface area contributed by atoms with Gasteiger partial charge >= 0.3 is 5.97 Å². The number of aliphatic carboxylic acids is 1. The lowest BCUT2D eigenvalue weighted by atomic mass is 9.94. The van der Waals surface area contributed by atoms with Gasteiger partial charge in [-0.2, -0.15) is 5.10 Å². The monoisotopic (exact) mass is 363 g/mol. The van der Waals surface area contributed by atoms with Crippen LogP contribution >= 0.6 is 0 Å². The van der Waals surface area contributed by atoms with Gasteiger partial charge in [-0.15, -0.1) is 0 Å². The minimum atomic E-state index is -0.964. The molecule has 0 unspecified atom stereocenters. The van der Waals surface area contributed by atoms with E-state index >= 15 is 0 Å². The van der Waals surface area contributed by atoms with Crippen LogP contribution in [0, 0.1) is 12.8 Å². The van der Waals surface area contributed by atoms with Crippen LogP contribution in [0.4, 0.5) is 0 Å². The predicted molar refractivity (Wildman–Crippen MR) is 102 cm³/mol. The average Bonchev–Trinajstić information content (AvgIpc) is 3.12. The Morgan fingerprint density at radius 3 is 2.30 bits per heavy atom. The molecule has 2 N–H and O–H groups in total. The summed E-state index contributed by atoms with van der Waals surface area (Å²) in [5.41, 5.74) is 3.11. The van der Waals surface area contributed by atoms with Gasteiger partial charge in [0, 0.05) is 11.8 Å². The van der Waals surface area contributed by atoms with E-state index in [1.165, 1.54) is 0 Å². The smallest absolute Gasteiger partial charge is 0.308 e. The van der Waals surface area contributed by atoms with Crippen LogP contribution in [0.1, 0.15) is 34.5 Å². The number of hydrogen-bond donors (Lipinski definition) is 2. The van der Waals surface area contributed by atoms with E-state index in [1.807, 2.05) is 43.5 Å². The molecular formula is C21H21N3O3. The summed E-state index contributed by atoms with van der Waals surface area (Å²) in [6.07, 6.45) is 3.66. The fourth-order valence-electron chi connectivity index (χ4n) is 2.84. The number of nitrogens with one attached hydrogen (secondary N) is 1. The summed E-state index contributed by atoms with van der Waals surface area (Å²) in [6.45, 7) is 3.54. The second kappa shape index (κ2) is 7.86. The fourth-order valence-corrected chi connectivity index (χ4v) is 2.84. The van der Waals surface area contributed by atoms with Crippen molar-refractivity contribution in [1.82, 2.24) is 15.1 Å². The fraction of sp³-hybridized carbons (Fsp3) is 0.190. The number of hydrogen-bond acceptors (Lipinski definition) is 3. The molecule has 0 aliphatic rings.